The van der Waals surface area contributed by atoms with Gasteiger partial charge in [0.2, 0.25) is 0 Å². The highest BCUT2D eigenvalue weighted by molar-refractivity contribution is 5.66. The van der Waals surface area contributed by atoms with Crippen LogP contribution in [-0.2, 0) is 9.53 Å². The average Bonchev–Trinajstić information content (AvgIpc) is 3.08. The molecule has 0 saturated heterocycles. The summed E-state index contributed by atoms with van der Waals surface area (Å²) in [6.45, 7) is 16.1. The second-order valence-electron chi connectivity index (χ2n) is 12.4. The first-order valence-electron chi connectivity index (χ1n) is 13.3. The van der Waals surface area contributed by atoms with Crippen LogP contribution in [0.3, 0.4) is 0 Å². The van der Waals surface area contributed by atoms with Crippen LogP contribution < -0.4 is 0 Å². The molecule has 0 aromatic carbocycles. The highest BCUT2D eigenvalue weighted by Gasteiger charge is 2.56. The molecular weight excluding hydrogens is 392 g/mol. The highest BCUT2D eigenvalue weighted by atomic mass is 16.5. The molecular formula is C30H46O2. The van der Waals surface area contributed by atoms with E-state index in [0.29, 0.717) is 29.1 Å². The van der Waals surface area contributed by atoms with Gasteiger partial charge in [0.1, 0.15) is 6.10 Å². The van der Waals surface area contributed by atoms with Crippen molar-refractivity contribution in [3.8, 4) is 0 Å². The van der Waals surface area contributed by atoms with Crippen LogP contribution >= 0.6 is 0 Å². The lowest BCUT2D eigenvalue weighted by molar-refractivity contribution is -0.148. The normalized spacial score (nSPS) is 40.8. The minimum atomic E-state index is -0.136. The number of rotatable bonds is 5. The summed E-state index contributed by atoms with van der Waals surface area (Å²) in [6, 6.07) is 0. The molecule has 3 saturated carbocycles. The van der Waals surface area contributed by atoms with E-state index in [1.807, 2.05) is 0 Å². The SMILES string of the molecule is CC(=O)O[C@H]1CC[C@@]2(C)C(=CC=C3[C@H]4CC[C@H]([C@@H](C)/C=C/[C@H](C)C(C)C)[C@]4(C)CC[C@H]32)C1. The molecule has 0 unspecified atom stereocenters. The summed E-state index contributed by atoms with van der Waals surface area (Å²) < 4.78 is 5.59. The Hall–Kier alpha value is -1.31. The van der Waals surface area contributed by atoms with E-state index in [1.165, 1.54) is 31.3 Å². The number of allylic oxidation sites excluding steroid dienone is 5. The summed E-state index contributed by atoms with van der Waals surface area (Å²) in [4.78, 5) is 11.5. The first-order valence-corrected chi connectivity index (χ1v) is 13.3. The minimum absolute atomic E-state index is 0.0763. The monoisotopic (exact) mass is 438 g/mol. The van der Waals surface area contributed by atoms with Gasteiger partial charge < -0.3 is 4.74 Å². The summed E-state index contributed by atoms with van der Waals surface area (Å²) in [6.07, 6.45) is 18.5. The highest BCUT2D eigenvalue weighted by Crippen LogP contribution is 2.66. The van der Waals surface area contributed by atoms with Gasteiger partial charge in [-0.2, -0.15) is 0 Å². The molecule has 0 N–H and O–H groups in total. The molecule has 32 heavy (non-hydrogen) atoms. The molecule has 0 bridgehead atoms. The van der Waals surface area contributed by atoms with E-state index in [0.717, 1.165) is 31.1 Å². The molecule has 8 atom stereocenters. The third-order valence-corrected chi connectivity index (χ3v) is 10.3. The number of ether oxygens (including phenoxy) is 1. The van der Waals surface area contributed by atoms with Crippen molar-refractivity contribution in [2.45, 2.75) is 99.5 Å². The predicted molar refractivity (Wildman–Crippen MR) is 133 cm³/mol. The van der Waals surface area contributed by atoms with Crippen LogP contribution in [0, 0.1) is 46.3 Å². The quantitative estimate of drug-likeness (QED) is 0.322. The molecule has 2 heteroatoms. The fourth-order valence-corrected chi connectivity index (χ4v) is 7.92. The molecule has 3 fully saturated rings. The van der Waals surface area contributed by atoms with Gasteiger partial charge in [0, 0.05) is 13.3 Å². The maximum atomic E-state index is 11.5. The van der Waals surface area contributed by atoms with Crippen LogP contribution in [0.5, 0.6) is 0 Å². The lowest BCUT2D eigenvalue weighted by atomic mass is 9.50. The third-order valence-electron chi connectivity index (χ3n) is 10.3. The molecule has 0 heterocycles. The van der Waals surface area contributed by atoms with Gasteiger partial charge in [0.05, 0.1) is 0 Å². The van der Waals surface area contributed by atoms with Crippen LogP contribution in [0.25, 0.3) is 0 Å². The topological polar surface area (TPSA) is 26.3 Å². The summed E-state index contributed by atoms with van der Waals surface area (Å²) in [5, 5.41) is 0. The van der Waals surface area contributed by atoms with Crippen molar-refractivity contribution in [1.29, 1.82) is 0 Å². The molecule has 0 aliphatic heterocycles. The fraction of sp³-hybridized carbons (Fsp3) is 0.767. The largest absolute Gasteiger partial charge is 0.462 e. The maximum absolute atomic E-state index is 11.5. The Morgan fingerprint density at radius 1 is 1.00 bits per heavy atom. The molecule has 0 amide bonds. The molecule has 0 aromatic rings. The molecule has 0 radical (unpaired) electrons. The van der Waals surface area contributed by atoms with Gasteiger partial charge >= 0.3 is 5.97 Å². The second-order valence-corrected chi connectivity index (χ2v) is 12.4. The van der Waals surface area contributed by atoms with Gasteiger partial charge in [-0.15, -0.1) is 0 Å². The van der Waals surface area contributed by atoms with E-state index < -0.39 is 0 Å². The van der Waals surface area contributed by atoms with Crippen molar-refractivity contribution in [1.82, 2.24) is 0 Å². The third kappa shape index (κ3) is 4.05. The summed E-state index contributed by atoms with van der Waals surface area (Å²) in [5.74, 6) is 4.11. The van der Waals surface area contributed by atoms with E-state index in [2.05, 4.69) is 65.8 Å². The van der Waals surface area contributed by atoms with E-state index in [-0.39, 0.29) is 17.5 Å². The van der Waals surface area contributed by atoms with Crippen LogP contribution in [0.15, 0.2) is 35.5 Å². The van der Waals surface area contributed by atoms with Gasteiger partial charge in [0.25, 0.3) is 0 Å². The van der Waals surface area contributed by atoms with Crippen LogP contribution in [0.4, 0.5) is 0 Å². The molecule has 4 aliphatic rings. The summed E-state index contributed by atoms with van der Waals surface area (Å²) in [7, 11) is 0. The molecule has 0 spiro atoms. The Morgan fingerprint density at radius 3 is 2.44 bits per heavy atom. The molecule has 4 rings (SSSR count). The van der Waals surface area contributed by atoms with E-state index in [1.54, 1.807) is 12.5 Å². The van der Waals surface area contributed by atoms with E-state index >= 15 is 0 Å². The van der Waals surface area contributed by atoms with Crippen LogP contribution in [0.1, 0.15) is 93.4 Å². The predicted octanol–water partition coefficient (Wildman–Crippen LogP) is 7.90. The van der Waals surface area contributed by atoms with Crippen molar-refractivity contribution in [2.24, 2.45) is 46.3 Å². The van der Waals surface area contributed by atoms with Gasteiger partial charge in [-0.3, -0.25) is 4.79 Å². The van der Waals surface area contributed by atoms with Crippen molar-refractivity contribution in [3.05, 3.63) is 35.5 Å². The lowest BCUT2D eigenvalue weighted by Gasteiger charge is -2.55. The Labute approximate surface area is 197 Å². The van der Waals surface area contributed by atoms with E-state index in [9.17, 15) is 4.79 Å². The van der Waals surface area contributed by atoms with Gasteiger partial charge in [-0.25, -0.2) is 0 Å². The zero-order chi connectivity index (χ0) is 23.3. The number of hydrogen-bond acceptors (Lipinski definition) is 2. The first-order chi connectivity index (χ1) is 15.1. The fourth-order valence-electron chi connectivity index (χ4n) is 7.92. The molecule has 178 valence electrons. The van der Waals surface area contributed by atoms with Gasteiger partial charge in [0.15, 0.2) is 0 Å². The Bertz CT molecular complexity index is 817. The lowest BCUT2D eigenvalue weighted by Crippen LogP contribution is -2.46. The zero-order valence-electron chi connectivity index (χ0n) is 21.6. The standard InChI is InChI=1S/C30H46O2/c1-19(2)20(3)8-9-21(4)26-12-13-27-25-11-10-23-18-24(32-22(5)31)14-16-29(23,6)28(25)15-17-30(26,27)7/h8-11,19-21,24,26-28H,12-18H2,1-7H3/b9-8+/t20-,21-,24-,26+,27+,28+,29-,30-/m0/s1. The smallest absolute Gasteiger partial charge is 0.302 e. The van der Waals surface area contributed by atoms with Gasteiger partial charge in [-0.05, 0) is 84.9 Å². The van der Waals surface area contributed by atoms with E-state index in [4.69, 9.17) is 4.74 Å². The number of carbonyl (C=O) groups is 1. The van der Waals surface area contributed by atoms with Crippen LogP contribution in [0.2, 0.25) is 0 Å². The van der Waals surface area contributed by atoms with Crippen molar-refractivity contribution in [3.63, 3.8) is 0 Å². The average molecular weight is 439 g/mol. The zero-order valence-corrected chi connectivity index (χ0v) is 21.6. The number of hydrogen-bond donors (Lipinski definition) is 0. The second kappa shape index (κ2) is 8.80. The van der Waals surface area contributed by atoms with Gasteiger partial charge in [-0.1, -0.05) is 77.0 Å². The Morgan fingerprint density at radius 2 is 1.75 bits per heavy atom. The Balaban J connectivity index is 1.54. The molecule has 2 nitrogen and oxygen atoms in total. The maximum Gasteiger partial charge on any atom is 0.302 e. The van der Waals surface area contributed by atoms with Crippen molar-refractivity contribution < 1.29 is 9.53 Å². The first kappa shape index (κ1) is 23.8. The Kier molecular flexibility index (Phi) is 6.56. The number of carbonyl (C=O) groups excluding carboxylic acids is 1. The summed E-state index contributed by atoms with van der Waals surface area (Å²) >= 11 is 0. The minimum Gasteiger partial charge on any atom is -0.462 e. The molecule has 4 aliphatic carbocycles. The number of esters is 1. The van der Waals surface area contributed by atoms with Crippen LogP contribution in [-0.4, -0.2) is 12.1 Å². The molecule has 0 aromatic heterocycles. The number of fused-ring (bicyclic) bond motifs is 5. The van der Waals surface area contributed by atoms with Crippen molar-refractivity contribution in [2.75, 3.05) is 0 Å². The van der Waals surface area contributed by atoms with Crippen molar-refractivity contribution >= 4 is 5.97 Å². The summed E-state index contributed by atoms with van der Waals surface area (Å²) in [5.41, 5.74) is 3.98.